The van der Waals surface area contributed by atoms with Crippen LogP contribution >= 0.6 is 0 Å². The summed E-state index contributed by atoms with van der Waals surface area (Å²) in [6, 6.07) is 9.46. The summed E-state index contributed by atoms with van der Waals surface area (Å²) < 4.78 is 0. The number of rotatable bonds is 10. The van der Waals surface area contributed by atoms with Crippen LogP contribution in [0, 0.1) is 0 Å². The molecule has 1 saturated heterocycles. The summed E-state index contributed by atoms with van der Waals surface area (Å²) in [5.41, 5.74) is 4.38. The molecule has 1 fully saturated rings. The van der Waals surface area contributed by atoms with E-state index in [0.717, 1.165) is 16.7 Å². The first-order valence-electron chi connectivity index (χ1n) is 13.4. The van der Waals surface area contributed by atoms with E-state index >= 15 is 0 Å². The Morgan fingerprint density at radius 1 is 1.08 bits per heavy atom. The predicted octanol–water partition coefficient (Wildman–Crippen LogP) is 7.70. The molecule has 4 heteroatoms. The lowest BCUT2D eigenvalue weighted by Crippen LogP contribution is -2.48. The van der Waals surface area contributed by atoms with E-state index < -0.39 is 6.10 Å². The van der Waals surface area contributed by atoms with Crippen LogP contribution in [-0.4, -0.2) is 46.2 Å². The van der Waals surface area contributed by atoms with Crippen molar-refractivity contribution in [2.24, 2.45) is 0 Å². The number of hydrogen-bond acceptors (Lipinski definition) is 2. The fraction of sp³-hybridized carbons (Fsp3) is 0.324. The van der Waals surface area contributed by atoms with Crippen molar-refractivity contribution in [3.8, 4) is 0 Å². The van der Waals surface area contributed by atoms with Gasteiger partial charge in [0.15, 0.2) is 0 Å². The van der Waals surface area contributed by atoms with Crippen molar-refractivity contribution in [1.29, 1.82) is 0 Å². The summed E-state index contributed by atoms with van der Waals surface area (Å²) >= 11 is 0. The van der Waals surface area contributed by atoms with Gasteiger partial charge in [-0.15, -0.1) is 0 Å². The van der Waals surface area contributed by atoms with Gasteiger partial charge in [-0.2, -0.15) is 0 Å². The molecule has 0 aromatic heterocycles. The van der Waals surface area contributed by atoms with Crippen molar-refractivity contribution in [2.75, 3.05) is 13.1 Å². The highest BCUT2D eigenvalue weighted by Gasteiger charge is 2.36. The van der Waals surface area contributed by atoms with Gasteiger partial charge >= 0.3 is 6.03 Å². The molecule has 1 aliphatic carbocycles. The zero-order valence-electron chi connectivity index (χ0n) is 23.1. The van der Waals surface area contributed by atoms with E-state index in [9.17, 15) is 9.90 Å². The number of urea groups is 1. The molecular formula is C34H44N2O2. The summed E-state index contributed by atoms with van der Waals surface area (Å²) in [6.45, 7) is 16.9. The van der Waals surface area contributed by atoms with Crippen LogP contribution in [0.4, 0.5) is 4.79 Å². The zero-order chi connectivity index (χ0) is 27.8. The zero-order valence-corrected chi connectivity index (χ0v) is 23.1. The second-order valence-electron chi connectivity index (χ2n) is 9.53. The maximum Gasteiger partial charge on any atom is 0.320 e. The third-order valence-electron chi connectivity index (χ3n) is 6.56. The number of benzene rings is 1. The first-order chi connectivity index (χ1) is 18.4. The average molecular weight is 513 g/mol. The van der Waals surface area contributed by atoms with Gasteiger partial charge in [-0.25, -0.2) is 4.79 Å². The van der Waals surface area contributed by atoms with Crippen LogP contribution in [0.25, 0.3) is 0 Å². The van der Waals surface area contributed by atoms with E-state index in [1.54, 1.807) is 23.1 Å². The molecule has 0 saturated carbocycles. The third kappa shape index (κ3) is 10.0. The van der Waals surface area contributed by atoms with Crippen molar-refractivity contribution in [1.82, 2.24) is 9.80 Å². The number of allylic oxidation sites excluding steroid dienone is 10. The molecule has 1 N–H and O–H groups in total. The standard InChI is InChI=1S/C27H34N2O2.C7H10/c1-5-12-22(8-4)19-25-26(30)17-18-28(20-23(13-6-2)14-7-3)27(31)29(25)21-24-15-10-9-11-16-24;1-7-5-3-2-4-6-7/h5-16,25-26,30H,1-2,4,17-21H2,3H3;3,5-6H,2,4H2,1H3/b14-7-,22-12+,23-13+;. The van der Waals surface area contributed by atoms with Crippen LogP contribution in [0.15, 0.2) is 128 Å². The molecule has 3 rings (SSSR count). The lowest BCUT2D eigenvalue weighted by atomic mass is 9.97. The number of carbonyl (C=O) groups is 1. The van der Waals surface area contributed by atoms with Crippen LogP contribution in [0.3, 0.4) is 0 Å². The van der Waals surface area contributed by atoms with Crippen LogP contribution in [-0.2, 0) is 6.54 Å². The lowest BCUT2D eigenvalue weighted by Gasteiger charge is -2.35. The number of aliphatic hydroxyl groups is 1. The fourth-order valence-electron chi connectivity index (χ4n) is 4.57. The summed E-state index contributed by atoms with van der Waals surface area (Å²) in [6.07, 6.45) is 22.4. The highest BCUT2D eigenvalue weighted by atomic mass is 16.3. The van der Waals surface area contributed by atoms with Crippen LogP contribution in [0.1, 0.15) is 45.1 Å². The van der Waals surface area contributed by atoms with Gasteiger partial charge in [-0.3, -0.25) is 0 Å². The molecule has 2 aliphatic rings. The van der Waals surface area contributed by atoms with Gasteiger partial charge in [0.25, 0.3) is 0 Å². The Balaban J connectivity index is 0.000000624. The van der Waals surface area contributed by atoms with Gasteiger partial charge in [-0.05, 0) is 56.2 Å². The lowest BCUT2D eigenvalue weighted by molar-refractivity contribution is 0.0685. The Labute approximate surface area is 230 Å². The van der Waals surface area contributed by atoms with Crippen LogP contribution in [0.5, 0.6) is 0 Å². The van der Waals surface area contributed by atoms with Crippen LogP contribution < -0.4 is 0 Å². The van der Waals surface area contributed by atoms with Gasteiger partial charge in [0, 0.05) is 19.6 Å². The highest BCUT2D eigenvalue weighted by molar-refractivity contribution is 5.76. The summed E-state index contributed by atoms with van der Waals surface area (Å²) in [5.74, 6) is 0. The molecule has 1 aromatic rings. The quantitative estimate of drug-likeness (QED) is 0.326. The Morgan fingerprint density at radius 3 is 2.34 bits per heavy atom. The van der Waals surface area contributed by atoms with Gasteiger partial charge in [0.05, 0.1) is 12.1 Å². The Hall–Kier alpha value is -3.63. The summed E-state index contributed by atoms with van der Waals surface area (Å²) in [7, 11) is 0. The third-order valence-corrected chi connectivity index (χ3v) is 6.56. The van der Waals surface area contributed by atoms with Gasteiger partial charge in [0.2, 0.25) is 0 Å². The Bertz CT molecular complexity index is 1070. The molecule has 4 nitrogen and oxygen atoms in total. The van der Waals surface area contributed by atoms with Crippen molar-refractivity contribution in [2.45, 2.75) is 58.2 Å². The Morgan fingerprint density at radius 2 is 1.79 bits per heavy atom. The van der Waals surface area contributed by atoms with Crippen molar-refractivity contribution in [3.05, 3.63) is 133 Å². The second-order valence-corrected chi connectivity index (χ2v) is 9.53. The van der Waals surface area contributed by atoms with Gasteiger partial charge < -0.3 is 14.9 Å². The monoisotopic (exact) mass is 512 g/mol. The minimum atomic E-state index is -0.639. The molecule has 0 bridgehead atoms. The van der Waals surface area contributed by atoms with Crippen molar-refractivity contribution < 1.29 is 9.90 Å². The molecule has 38 heavy (non-hydrogen) atoms. The normalized spacial score (nSPS) is 20.4. The van der Waals surface area contributed by atoms with E-state index in [1.165, 1.54) is 18.4 Å². The molecule has 202 valence electrons. The number of carbonyl (C=O) groups excluding carboxylic acids is 1. The average Bonchev–Trinajstić information content (AvgIpc) is 3.02. The summed E-state index contributed by atoms with van der Waals surface area (Å²) in [4.78, 5) is 17.3. The Kier molecular flexibility index (Phi) is 13.7. The number of amides is 2. The molecule has 2 unspecified atom stereocenters. The maximum atomic E-state index is 13.7. The second kappa shape index (κ2) is 17.0. The fourth-order valence-corrected chi connectivity index (χ4v) is 4.57. The van der Waals surface area contributed by atoms with Crippen LogP contribution in [0.2, 0.25) is 0 Å². The maximum absolute atomic E-state index is 13.7. The van der Waals surface area contributed by atoms with E-state index in [2.05, 4.69) is 44.9 Å². The molecule has 1 heterocycles. The number of nitrogens with zero attached hydrogens (tertiary/aromatic N) is 2. The molecule has 2 amide bonds. The molecular weight excluding hydrogens is 468 g/mol. The molecule has 0 spiro atoms. The van der Waals surface area contributed by atoms with E-state index in [4.69, 9.17) is 0 Å². The largest absolute Gasteiger partial charge is 0.391 e. The van der Waals surface area contributed by atoms with Gasteiger partial charge in [-0.1, -0.05) is 116 Å². The SMILES string of the molecule is C=C/C=C(\C=C)CC1C(O)CCN(CC(/C=C\C)=C/C=C)C(=O)N1Cc1ccccc1.CC1=CCCC=C1. The van der Waals surface area contributed by atoms with E-state index in [0.29, 0.717) is 32.5 Å². The van der Waals surface area contributed by atoms with Crippen molar-refractivity contribution in [3.63, 3.8) is 0 Å². The first kappa shape index (κ1) is 30.6. The smallest absolute Gasteiger partial charge is 0.320 e. The molecule has 1 aromatic carbocycles. The number of aliphatic hydroxyl groups excluding tert-OH is 1. The first-order valence-corrected chi connectivity index (χ1v) is 13.4. The minimum absolute atomic E-state index is 0.0770. The van der Waals surface area contributed by atoms with Gasteiger partial charge in [0.1, 0.15) is 0 Å². The number of hydrogen-bond donors (Lipinski definition) is 1. The summed E-state index contributed by atoms with van der Waals surface area (Å²) in [5, 5.41) is 11.0. The highest BCUT2D eigenvalue weighted by Crippen LogP contribution is 2.26. The predicted molar refractivity (Wildman–Crippen MR) is 162 cm³/mol. The van der Waals surface area contributed by atoms with Crippen molar-refractivity contribution >= 4 is 6.03 Å². The molecule has 1 aliphatic heterocycles. The van der Waals surface area contributed by atoms with E-state index in [-0.39, 0.29) is 12.1 Å². The molecule has 0 radical (unpaired) electrons. The van der Waals surface area contributed by atoms with E-state index in [1.807, 2.05) is 66.5 Å². The molecule has 2 atom stereocenters. The minimum Gasteiger partial charge on any atom is -0.391 e. The topological polar surface area (TPSA) is 43.8 Å².